The summed E-state index contributed by atoms with van der Waals surface area (Å²) in [6.45, 7) is 0.871. The van der Waals surface area contributed by atoms with Crippen molar-refractivity contribution in [3.63, 3.8) is 0 Å². The number of aryl methyl sites for hydroxylation is 4. The Morgan fingerprint density at radius 1 is 0.810 bits per heavy atom. The Hall–Kier alpha value is -2.49. The maximum Gasteiger partial charge on any atom is 0.138 e. The van der Waals surface area contributed by atoms with Crippen molar-refractivity contribution in [2.45, 2.75) is 25.8 Å². The van der Waals surface area contributed by atoms with Crippen molar-refractivity contribution in [2.24, 2.45) is 0 Å². The summed E-state index contributed by atoms with van der Waals surface area (Å²) >= 11 is 0. The second-order valence-corrected chi connectivity index (χ2v) is 4.99. The molecule has 3 aromatic rings. The third kappa shape index (κ3) is 3.75. The first-order valence-electron chi connectivity index (χ1n) is 7.21. The largest absolute Gasteiger partial charge is 0.265 e. The first-order chi connectivity index (χ1) is 10.4. The average molecular weight is 278 g/mol. The molecule has 0 atom stereocenters. The zero-order valence-corrected chi connectivity index (χ0v) is 11.9. The molecule has 3 rings (SSSR count). The summed E-state index contributed by atoms with van der Waals surface area (Å²) in [5, 5.41) is 4.34. The zero-order chi connectivity index (χ0) is 14.3. The van der Waals surface area contributed by atoms with E-state index in [-0.39, 0.29) is 0 Å². The lowest BCUT2D eigenvalue weighted by Gasteiger charge is -2.06. The fourth-order valence-corrected chi connectivity index (χ4v) is 2.35. The standard InChI is InChI=1S/C17H18N4/c1-2-4-15(5-3-1)10-13-21-17(19-14-20-21)7-6-16-8-11-18-12-9-16/h1-5,8-9,11-12,14H,6-7,10,13H2. The molecule has 0 spiro atoms. The molecule has 2 aromatic heterocycles. The Labute approximate surface area is 124 Å². The van der Waals surface area contributed by atoms with Crippen molar-refractivity contribution in [2.75, 3.05) is 0 Å². The second kappa shape index (κ2) is 6.79. The molecule has 0 saturated heterocycles. The van der Waals surface area contributed by atoms with Crippen molar-refractivity contribution in [3.05, 3.63) is 78.1 Å². The summed E-state index contributed by atoms with van der Waals surface area (Å²) in [6.07, 6.45) is 8.15. The van der Waals surface area contributed by atoms with Gasteiger partial charge in [0.25, 0.3) is 0 Å². The molecule has 1 aromatic carbocycles. The normalized spacial score (nSPS) is 10.7. The Bertz CT molecular complexity index is 604. The van der Waals surface area contributed by atoms with Gasteiger partial charge in [-0.1, -0.05) is 30.3 Å². The fraction of sp³-hybridized carbons (Fsp3) is 0.235. The summed E-state index contributed by atoms with van der Waals surface area (Å²) in [4.78, 5) is 8.42. The average Bonchev–Trinajstić information content (AvgIpc) is 3.00. The molecular formula is C17H18N4. The lowest BCUT2D eigenvalue weighted by atomic mass is 10.1. The third-order valence-electron chi connectivity index (χ3n) is 3.54. The molecule has 0 bridgehead atoms. The van der Waals surface area contributed by atoms with Gasteiger partial charge in [0.1, 0.15) is 12.2 Å². The Morgan fingerprint density at radius 3 is 2.38 bits per heavy atom. The van der Waals surface area contributed by atoms with E-state index in [1.807, 2.05) is 35.3 Å². The minimum absolute atomic E-state index is 0.871. The van der Waals surface area contributed by atoms with Crippen LogP contribution < -0.4 is 0 Å². The van der Waals surface area contributed by atoms with E-state index in [0.717, 1.165) is 31.6 Å². The highest BCUT2D eigenvalue weighted by molar-refractivity contribution is 5.15. The van der Waals surface area contributed by atoms with Crippen LogP contribution in [0.25, 0.3) is 0 Å². The van der Waals surface area contributed by atoms with Crippen molar-refractivity contribution in [3.8, 4) is 0 Å². The van der Waals surface area contributed by atoms with E-state index in [9.17, 15) is 0 Å². The monoisotopic (exact) mass is 278 g/mol. The molecule has 0 aliphatic rings. The van der Waals surface area contributed by atoms with E-state index in [2.05, 4.69) is 39.3 Å². The van der Waals surface area contributed by atoms with Crippen LogP contribution in [0.3, 0.4) is 0 Å². The molecule has 0 radical (unpaired) electrons. The summed E-state index contributed by atoms with van der Waals surface area (Å²) < 4.78 is 2.01. The van der Waals surface area contributed by atoms with Crippen molar-refractivity contribution in [1.29, 1.82) is 0 Å². The van der Waals surface area contributed by atoms with Gasteiger partial charge in [-0.3, -0.25) is 4.98 Å². The molecule has 0 N–H and O–H groups in total. The topological polar surface area (TPSA) is 43.6 Å². The molecule has 0 unspecified atom stereocenters. The van der Waals surface area contributed by atoms with E-state index in [1.54, 1.807) is 6.33 Å². The minimum Gasteiger partial charge on any atom is -0.265 e. The van der Waals surface area contributed by atoms with E-state index in [0.29, 0.717) is 0 Å². The number of rotatable bonds is 6. The van der Waals surface area contributed by atoms with Crippen LogP contribution in [0.5, 0.6) is 0 Å². The predicted molar refractivity (Wildman–Crippen MR) is 81.8 cm³/mol. The number of benzene rings is 1. The van der Waals surface area contributed by atoms with Gasteiger partial charge in [-0.25, -0.2) is 9.67 Å². The van der Waals surface area contributed by atoms with Crippen LogP contribution in [0.4, 0.5) is 0 Å². The lowest BCUT2D eigenvalue weighted by Crippen LogP contribution is -2.09. The zero-order valence-electron chi connectivity index (χ0n) is 11.9. The van der Waals surface area contributed by atoms with Crippen molar-refractivity contribution < 1.29 is 0 Å². The second-order valence-electron chi connectivity index (χ2n) is 4.99. The molecule has 106 valence electrons. The summed E-state index contributed by atoms with van der Waals surface area (Å²) in [5.74, 6) is 1.04. The lowest BCUT2D eigenvalue weighted by molar-refractivity contribution is 0.576. The van der Waals surface area contributed by atoms with Crippen LogP contribution in [-0.2, 0) is 25.8 Å². The van der Waals surface area contributed by atoms with Crippen molar-refractivity contribution >= 4 is 0 Å². The number of nitrogens with zero attached hydrogens (tertiary/aromatic N) is 4. The highest BCUT2D eigenvalue weighted by atomic mass is 15.3. The number of pyridine rings is 1. The van der Waals surface area contributed by atoms with Crippen LogP contribution in [0.1, 0.15) is 17.0 Å². The van der Waals surface area contributed by atoms with Gasteiger partial charge in [-0.15, -0.1) is 0 Å². The molecule has 0 saturated carbocycles. The minimum atomic E-state index is 0.871. The molecule has 2 heterocycles. The highest BCUT2D eigenvalue weighted by Gasteiger charge is 2.05. The molecule has 0 fully saturated rings. The fourth-order valence-electron chi connectivity index (χ4n) is 2.35. The number of aromatic nitrogens is 4. The molecule has 4 nitrogen and oxygen atoms in total. The van der Waals surface area contributed by atoms with E-state index >= 15 is 0 Å². The van der Waals surface area contributed by atoms with Crippen LogP contribution in [0.2, 0.25) is 0 Å². The van der Waals surface area contributed by atoms with E-state index < -0.39 is 0 Å². The smallest absolute Gasteiger partial charge is 0.138 e. The highest BCUT2D eigenvalue weighted by Crippen LogP contribution is 2.06. The van der Waals surface area contributed by atoms with Crippen LogP contribution in [-0.4, -0.2) is 19.7 Å². The number of hydrogen-bond acceptors (Lipinski definition) is 3. The third-order valence-corrected chi connectivity index (χ3v) is 3.54. The Kier molecular flexibility index (Phi) is 4.36. The quantitative estimate of drug-likeness (QED) is 0.696. The van der Waals surface area contributed by atoms with Gasteiger partial charge in [0.15, 0.2) is 0 Å². The van der Waals surface area contributed by atoms with Gasteiger partial charge < -0.3 is 0 Å². The first kappa shape index (κ1) is 13.5. The molecular weight excluding hydrogens is 260 g/mol. The number of hydrogen-bond donors (Lipinski definition) is 0. The van der Waals surface area contributed by atoms with Gasteiger partial charge in [0, 0.05) is 25.4 Å². The van der Waals surface area contributed by atoms with Gasteiger partial charge in [-0.2, -0.15) is 5.10 Å². The summed E-state index contributed by atoms with van der Waals surface area (Å²) in [7, 11) is 0. The van der Waals surface area contributed by atoms with Gasteiger partial charge in [0.05, 0.1) is 0 Å². The van der Waals surface area contributed by atoms with Crippen LogP contribution in [0.15, 0.2) is 61.2 Å². The molecule has 0 amide bonds. The first-order valence-corrected chi connectivity index (χ1v) is 7.21. The van der Waals surface area contributed by atoms with Crippen LogP contribution >= 0.6 is 0 Å². The Morgan fingerprint density at radius 2 is 1.57 bits per heavy atom. The maximum atomic E-state index is 4.38. The molecule has 21 heavy (non-hydrogen) atoms. The molecule has 0 aliphatic heterocycles. The molecule has 0 aliphatic carbocycles. The predicted octanol–water partition coefficient (Wildman–Crippen LogP) is 2.70. The molecule has 4 heteroatoms. The summed E-state index contributed by atoms with van der Waals surface area (Å²) in [5.41, 5.74) is 2.61. The van der Waals surface area contributed by atoms with Crippen LogP contribution in [0, 0.1) is 0 Å². The Balaban J connectivity index is 1.59. The summed E-state index contributed by atoms with van der Waals surface area (Å²) in [6, 6.07) is 14.6. The van der Waals surface area contributed by atoms with E-state index in [4.69, 9.17) is 0 Å². The maximum absolute atomic E-state index is 4.38. The SMILES string of the molecule is c1ccc(CCn2ncnc2CCc2ccncc2)cc1. The van der Waals surface area contributed by atoms with Gasteiger partial charge >= 0.3 is 0 Å². The van der Waals surface area contributed by atoms with Gasteiger partial charge in [-0.05, 0) is 36.1 Å². The van der Waals surface area contributed by atoms with E-state index in [1.165, 1.54) is 11.1 Å². The van der Waals surface area contributed by atoms with Gasteiger partial charge in [0.2, 0.25) is 0 Å². The van der Waals surface area contributed by atoms with Crippen molar-refractivity contribution in [1.82, 2.24) is 19.7 Å².